The molecule has 0 aliphatic carbocycles. The van der Waals surface area contributed by atoms with Crippen LogP contribution in [0.4, 0.5) is 9.18 Å². The van der Waals surface area contributed by atoms with Crippen LogP contribution in [0.15, 0.2) is 29.6 Å². The van der Waals surface area contributed by atoms with E-state index in [4.69, 9.17) is 36.3 Å². The molecular weight excluding hydrogens is 677 g/mol. The topological polar surface area (TPSA) is 111 Å². The van der Waals surface area contributed by atoms with Gasteiger partial charge in [0.1, 0.15) is 16.1 Å². The van der Waals surface area contributed by atoms with E-state index in [1.807, 2.05) is 50.2 Å². The number of aryl methyl sites for hydroxylation is 1. The number of amides is 1. The molecule has 0 N–H and O–H groups in total. The summed E-state index contributed by atoms with van der Waals surface area (Å²) < 4.78 is 32.8. The molecule has 10 nitrogen and oxygen atoms in total. The highest BCUT2D eigenvalue weighted by atomic mass is 35.5. The predicted octanol–water partition coefficient (Wildman–Crippen LogP) is 9.29. The molecule has 2 aliphatic heterocycles. The molecule has 0 saturated carbocycles. The second-order valence-corrected chi connectivity index (χ2v) is 15.5. The Bertz CT molecular complexity index is 2180. The molecule has 2 aliphatic rings. The highest BCUT2D eigenvalue weighted by Gasteiger charge is 2.36. The van der Waals surface area contributed by atoms with Crippen LogP contribution in [0.1, 0.15) is 82.7 Å². The van der Waals surface area contributed by atoms with Gasteiger partial charge in [0.25, 0.3) is 0 Å². The summed E-state index contributed by atoms with van der Waals surface area (Å²) in [7, 11) is 0. The molecule has 1 unspecified atom stereocenters. The molecule has 5 heterocycles. The van der Waals surface area contributed by atoms with E-state index < -0.39 is 17.5 Å². The molecule has 0 bridgehead atoms. The summed E-state index contributed by atoms with van der Waals surface area (Å²) in [6.07, 6.45) is 9.06. The van der Waals surface area contributed by atoms with Gasteiger partial charge in [-0.05, 0) is 96.2 Å². The molecule has 2 aromatic carbocycles. The molecule has 5 aromatic rings. The van der Waals surface area contributed by atoms with E-state index in [9.17, 15) is 10.1 Å². The number of hydrogen-bond donors (Lipinski definition) is 0. The number of carbonyl (C=O) groups is 1. The molecular formula is C37H41ClFN7O3S. The Kier molecular flexibility index (Phi) is 9.20. The average molecular weight is 718 g/mol. The fourth-order valence-corrected chi connectivity index (χ4v) is 8.35. The minimum Gasteiger partial charge on any atom is -0.444 e. The van der Waals surface area contributed by atoms with Gasteiger partial charge in [0.15, 0.2) is 12.0 Å². The first kappa shape index (κ1) is 34.5. The van der Waals surface area contributed by atoms with Gasteiger partial charge in [0.2, 0.25) is 0 Å². The number of thioether (sulfide) groups is 1. The van der Waals surface area contributed by atoms with Crippen LogP contribution in [0.5, 0.6) is 0 Å². The number of likely N-dealkylation sites (tertiary alicyclic amines) is 1. The number of aromatic nitrogens is 5. The number of halogens is 2. The van der Waals surface area contributed by atoms with Crippen molar-refractivity contribution in [2.45, 2.75) is 102 Å². The van der Waals surface area contributed by atoms with Crippen molar-refractivity contribution in [2.24, 2.45) is 0 Å². The lowest BCUT2D eigenvalue weighted by molar-refractivity contribution is -0.0366. The number of nitrogens with zero attached hydrogens (tertiary/aromatic N) is 7. The van der Waals surface area contributed by atoms with Gasteiger partial charge in [0, 0.05) is 35.1 Å². The molecule has 1 amide bonds. The SMILES string of the molecule is CSc1nc2c(F)c(-c3c(C)c(C)cc4c3cnn4C3CCCCO3)c(Cl)cc2c2c1cnn2[C@H]1CCN(C(=O)OC(C)(C)C)[C@H](CC#N)C1. The summed E-state index contributed by atoms with van der Waals surface area (Å²) in [6.45, 7) is 10.6. The summed E-state index contributed by atoms with van der Waals surface area (Å²) in [5.74, 6) is -0.504. The van der Waals surface area contributed by atoms with Gasteiger partial charge >= 0.3 is 6.09 Å². The van der Waals surface area contributed by atoms with Crippen LogP contribution >= 0.6 is 23.4 Å². The summed E-state index contributed by atoms with van der Waals surface area (Å²) in [5, 5.41) is 22.3. The van der Waals surface area contributed by atoms with Crippen molar-refractivity contribution in [2.75, 3.05) is 19.4 Å². The molecule has 262 valence electrons. The first-order chi connectivity index (χ1) is 23.9. The van der Waals surface area contributed by atoms with Gasteiger partial charge in [-0.1, -0.05) is 11.6 Å². The number of ether oxygens (including phenoxy) is 2. The number of rotatable bonds is 5. The second-order valence-electron chi connectivity index (χ2n) is 14.3. The van der Waals surface area contributed by atoms with Crippen molar-refractivity contribution in [1.82, 2.24) is 29.4 Å². The quantitative estimate of drug-likeness (QED) is 0.166. The van der Waals surface area contributed by atoms with E-state index in [1.54, 1.807) is 23.4 Å². The van der Waals surface area contributed by atoms with E-state index in [1.165, 1.54) is 11.8 Å². The second kappa shape index (κ2) is 13.3. The minimum atomic E-state index is -0.654. The molecule has 2 fully saturated rings. The summed E-state index contributed by atoms with van der Waals surface area (Å²) in [4.78, 5) is 19.6. The number of piperidine rings is 1. The maximum Gasteiger partial charge on any atom is 0.410 e. The number of pyridine rings is 1. The van der Waals surface area contributed by atoms with Crippen molar-refractivity contribution in [3.63, 3.8) is 0 Å². The van der Waals surface area contributed by atoms with Crippen molar-refractivity contribution in [3.05, 3.63) is 46.5 Å². The van der Waals surface area contributed by atoms with Gasteiger partial charge < -0.3 is 14.4 Å². The lowest BCUT2D eigenvalue weighted by Crippen LogP contribution is -2.48. The van der Waals surface area contributed by atoms with Gasteiger partial charge in [-0.15, -0.1) is 11.8 Å². The summed E-state index contributed by atoms with van der Waals surface area (Å²) in [6, 6.07) is 5.62. The van der Waals surface area contributed by atoms with E-state index in [0.29, 0.717) is 47.5 Å². The standard InChI is InChI=1S/C37H41ClFN7O3S/c1-20-15-28-25(18-42-46(28)29-9-7-8-14-48-29)30(21(20)2)31-27(38)17-24-33(32(31)39)43-35(50-6)26-19-41-45(34(24)26)23-11-13-44(22(16-23)10-12-40)36(47)49-37(3,4)5/h15,17-19,22-23,29H,7-11,13-14,16H2,1-6H3/t22-,23+,29?/m1/s1. The monoisotopic (exact) mass is 717 g/mol. The first-order valence-electron chi connectivity index (χ1n) is 17.1. The third kappa shape index (κ3) is 5.97. The number of nitriles is 1. The lowest BCUT2D eigenvalue weighted by atomic mass is 9.92. The van der Waals surface area contributed by atoms with Crippen LogP contribution in [0.25, 0.3) is 43.8 Å². The van der Waals surface area contributed by atoms with Crippen LogP contribution in [-0.4, -0.2) is 66.6 Å². The largest absolute Gasteiger partial charge is 0.444 e. The van der Waals surface area contributed by atoms with Crippen LogP contribution < -0.4 is 0 Å². The van der Waals surface area contributed by atoms with Crippen LogP contribution in [0, 0.1) is 31.0 Å². The average Bonchev–Trinajstić information content (AvgIpc) is 3.71. The smallest absolute Gasteiger partial charge is 0.410 e. The normalized spacial score (nSPS) is 20.1. The molecule has 50 heavy (non-hydrogen) atoms. The summed E-state index contributed by atoms with van der Waals surface area (Å²) >= 11 is 8.55. The Morgan fingerprint density at radius 1 is 1.12 bits per heavy atom. The minimum absolute atomic E-state index is 0.155. The molecule has 2 saturated heterocycles. The van der Waals surface area contributed by atoms with E-state index in [0.717, 1.165) is 52.2 Å². The zero-order chi connectivity index (χ0) is 35.5. The molecule has 13 heteroatoms. The number of fused-ring (bicyclic) bond motifs is 4. The fraction of sp³-hybridized carbons (Fsp3) is 0.486. The van der Waals surface area contributed by atoms with E-state index >= 15 is 4.39 Å². The number of benzene rings is 2. The maximum atomic E-state index is 17.2. The Hall–Kier alpha value is -3.92. The number of carbonyl (C=O) groups excluding carboxylic acids is 1. The Balaban J connectivity index is 1.36. The fourth-order valence-electron chi connectivity index (χ4n) is 7.51. The molecule has 0 radical (unpaired) electrons. The Labute approximate surface area is 299 Å². The van der Waals surface area contributed by atoms with Crippen LogP contribution in [-0.2, 0) is 9.47 Å². The van der Waals surface area contributed by atoms with Gasteiger partial charge in [-0.3, -0.25) is 4.68 Å². The third-order valence-electron chi connectivity index (χ3n) is 9.97. The van der Waals surface area contributed by atoms with E-state index in [2.05, 4.69) is 12.1 Å². The Morgan fingerprint density at radius 3 is 2.58 bits per heavy atom. The van der Waals surface area contributed by atoms with Crippen molar-refractivity contribution in [1.29, 1.82) is 5.26 Å². The zero-order valence-electron chi connectivity index (χ0n) is 29.2. The predicted molar refractivity (Wildman–Crippen MR) is 194 cm³/mol. The van der Waals surface area contributed by atoms with Crippen molar-refractivity contribution >= 4 is 62.2 Å². The van der Waals surface area contributed by atoms with Crippen molar-refractivity contribution < 1.29 is 18.7 Å². The van der Waals surface area contributed by atoms with Crippen molar-refractivity contribution in [3.8, 4) is 17.2 Å². The van der Waals surface area contributed by atoms with Gasteiger partial charge in [0.05, 0.1) is 58.4 Å². The maximum absolute atomic E-state index is 17.2. The molecule has 3 aromatic heterocycles. The molecule has 3 atom stereocenters. The molecule has 0 spiro atoms. The van der Waals surface area contributed by atoms with Gasteiger partial charge in [-0.2, -0.15) is 15.5 Å². The summed E-state index contributed by atoms with van der Waals surface area (Å²) in [5.41, 5.74) is 4.06. The molecule has 7 rings (SSSR count). The number of hydrogen-bond acceptors (Lipinski definition) is 8. The van der Waals surface area contributed by atoms with Crippen LogP contribution in [0.3, 0.4) is 0 Å². The van der Waals surface area contributed by atoms with E-state index in [-0.39, 0.29) is 35.3 Å². The highest BCUT2D eigenvalue weighted by Crippen LogP contribution is 2.45. The van der Waals surface area contributed by atoms with Gasteiger partial charge in [-0.25, -0.2) is 18.9 Å². The van der Waals surface area contributed by atoms with Crippen LogP contribution in [0.2, 0.25) is 5.02 Å². The Morgan fingerprint density at radius 2 is 1.88 bits per heavy atom. The lowest BCUT2D eigenvalue weighted by Gasteiger charge is -2.39. The highest BCUT2D eigenvalue weighted by molar-refractivity contribution is 7.98. The zero-order valence-corrected chi connectivity index (χ0v) is 30.8. The first-order valence-corrected chi connectivity index (χ1v) is 18.7. The third-order valence-corrected chi connectivity index (χ3v) is 11.0.